The summed E-state index contributed by atoms with van der Waals surface area (Å²) in [5.74, 6) is 0. The monoisotopic (exact) mass is 733 g/mol. The summed E-state index contributed by atoms with van der Waals surface area (Å²) < 4.78 is 2.41. The molecule has 11 rings (SSSR count). The summed E-state index contributed by atoms with van der Waals surface area (Å²) in [6.07, 6.45) is 4.46. The third-order valence-corrected chi connectivity index (χ3v) is 12.7. The molecular weight excluding hydrogens is 691 g/mol. The standard InChI is InChI=1S/C54H43N3/c1-38-15-14-24-52-53(38)48-35-45(29-30-51(48)57(52)44-22-12-5-13-23-44)56(43-20-10-4-11-21-43)47-28-26-40-32-34-54(50(40)37-47)33-31-39-25-27-46(36-49(39)54)55(41-16-6-2-7-17-41)42-18-8-3-9-19-42/h2-30,35-37H,31-34H2,1H3/t54-/m1/s1. The molecule has 3 nitrogen and oxygen atoms in total. The lowest BCUT2D eigenvalue weighted by molar-refractivity contribution is 0.507. The Morgan fingerprint density at radius 3 is 1.44 bits per heavy atom. The second-order valence-electron chi connectivity index (χ2n) is 15.8. The van der Waals surface area contributed by atoms with Gasteiger partial charge in [-0.2, -0.15) is 0 Å². The summed E-state index contributed by atoms with van der Waals surface area (Å²) in [6.45, 7) is 2.24. The molecule has 0 unspecified atom stereocenters. The van der Waals surface area contributed by atoms with Crippen LogP contribution in [0.2, 0.25) is 0 Å². The zero-order valence-electron chi connectivity index (χ0n) is 32.1. The molecule has 1 spiro atoms. The van der Waals surface area contributed by atoms with Crippen LogP contribution in [-0.4, -0.2) is 4.57 Å². The van der Waals surface area contributed by atoms with E-state index in [1.807, 2.05) is 0 Å². The Kier molecular flexibility index (Phi) is 7.89. The second kappa shape index (κ2) is 13.4. The summed E-state index contributed by atoms with van der Waals surface area (Å²) in [5.41, 5.74) is 17.9. The summed E-state index contributed by atoms with van der Waals surface area (Å²) in [6, 6.07) is 71.5. The largest absolute Gasteiger partial charge is 0.310 e. The van der Waals surface area contributed by atoms with E-state index in [1.54, 1.807) is 0 Å². The summed E-state index contributed by atoms with van der Waals surface area (Å²) in [5, 5.41) is 2.57. The number of aromatic nitrogens is 1. The lowest BCUT2D eigenvalue weighted by Crippen LogP contribution is -2.22. The van der Waals surface area contributed by atoms with Crippen LogP contribution in [0.3, 0.4) is 0 Å². The SMILES string of the molecule is Cc1cccc2c1c1cc(N(c3ccccc3)c3ccc4c(c3)[C@]3(CCc5ccc(N(c6ccccc6)c6ccccc6)cc53)CC4)ccc1n2-c1ccccc1. The minimum atomic E-state index is -0.0255. The molecule has 0 bridgehead atoms. The second-order valence-corrected chi connectivity index (χ2v) is 15.8. The zero-order valence-corrected chi connectivity index (χ0v) is 32.1. The molecule has 2 aliphatic carbocycles. The number of hydrogen-bond donors (Lipinski definition) is 0. The van der Waals surface area contributed by atoms with Crippen molar-refractivity contribution in [2.45, 2.75) is 38.0 Å². The topological polar surface area (TPSA) is 11.4 Å². The van der Waals surface area contributed by atoms with Gasteiger partial charge in [-0.1, -0.05) is 97.1 Å². The van der Waals surface area contributed by atoms with Gasteiger partial charge in [0.05, 0.1) is 11.0 Å². The first kappa shape index (κ1) is 33.5. The van der Waals surface area contributed by atoms with Crippen molar-refractivity contribution in [3.63, 3.8) is 0 Å². The van der Waals surface area contributed by atoms with Gasteiger partial charge in [0.25, 0.3) is 0 Å². The molecule has 0 saturated heterocycles. The van der Waals surface area contributed by atoms with Gasteiger partial charge in [0, 0.05) is 56.0 Å². The van der Waals surface area contributed by atoms with E-state index in [2.05, 4.69) is 215 Å². The molecule has 9 aromatic rings. The van der Waals surface area contributed by atoms with Crippen LogP contribution >= 0.6 is 0 Å². The lowest BCUT2D eigenvalue weighted by Gasteiger charge is -2.31. The molecule has 8 aromatic carbocycles. The van der Waals surface area contributed by atoms with Crippen molar-refractivity contribution in [3.8, 4) is 5.69 Å². The van der Waals surface area contributed by atoms with E-state index in [0.29, 0.717) is 0 Å². The fourth-order valence-corrected chi connectivity index (χ4v) is 10.1. The average Bonchev–Trinajstić information content (AvgIpc) is 3.94. The van der Waals surface area contributed by atoms with Gasteiger partial charge in [0.15, 0.2) is 0 Å². The van der Waals surface area contributed by atoms with Gasteiger partial charge in [-0.15, -0.1) is 0 Å². The molecule has 1 atom stereocenters. The van der Waals surface area contributed by atoms with Crippen LogP contribution in [0.25, 0.3) is 27.5 Å². The number of fused-ring (bicyclic) bond motifs is 7. The minimum absolute atomic E-state index is 0.0255. The minimum Gasteiger partial charge on any atom is -0.310 e. The van der Waals surface area contributed by atoms with E-state index >= 15 is 0 Å². The number of benzene rings is 8. The number of aryl methyl sites for hydroxylation is 3. The Balaban J connectivity index is 1.06. The Hall–Kier alpha value is -6.84. The number of para-hydroxylation sites is 4. The first-order chi connectivity index (χ1) is 28.2. The van der Waals surface area contributed by atoms with E-state index in [1.165, 1.54) is 78.1 Å². The zero-order chi connectivity index (χ0) is 37.9. The van der Waals surface area contributed by atoms with Gasteiger partial charge in [0.1, 0.15) is 0 Å². The van der Waals surface area contributed by atoms with Crippen molar-refractivity contribution in [1.82, 2.24) is 4.57 Å². The number of anilines is 6. The van der Waals surface area contributed by atoms with Crippen molar-refractivity contribution in [1.29, 1.82) is 0 Å². The predicted octanol–water partition coefficient (Wildman–Crippen LogP) is 14.2. The lowest BCUT2D eigenvalue weighted by atomic mass is 9.76. The van der Waals surface area contributed by atoms with E-state index in [-0.39, 0.29) is 5.41 Å². The molecule has 0 N–H and O–H groups in total. The molecule has 0 fully saturated rings. The van der Waals surface area contributed by atoms with Gasteiger partial charge < -0.3 is 14.4 Å². The number of rotatable bonds is 7. The molecule has 1 aromatic heterocycles. The highest BCUT2D eigenvalue weighted by molar-refractivity contribution is 6.12. The first-order valence-corrected chi connectivity index (χ1v) is 20.3. The van der Waals surface area contributed by atoms with Crippen molar-refractivity contribution in [2.24, 2.45) is 0 Å². The number of hydrogen-bond acceptors (Lipinski definition) is 2. The molecule has 3 heteroatoms. The first-order valence-electron chi connectivity index (χ1n) is 20.3. The highest BCUT2D eigenvalue weighted by atomic mass is 15.1. The van der Waals surface area contributed by atoms with E-state index < -0.39 is 0 Å². The van der Waals surface area contributed by atoms with Crippen molar-refractivity contribution < 1.29 is 0 Å². The van der Waals surface area contributed by atoms with Gasteiger partial charge in [0.2, 0.25) is 0 Å². The summed E-state index contributed by atoms with van der Waals surface area (Å²) >= 11 is 0. The van der Waals surface area contributed by atoms with E-state index in [9.17, 15) is 0 Å². The molecule has 2 aliphatic rings. The Morgan fingerprint density at radius 1 is 0.421 bits per heavy atom. The summed E-state index contributed by atoms with van der Waals surface area (Å²) in [7, 11) is 0. The average molecular weight is 734 g/mol. The summed E-state index contributed by atoms with van der Waals surface area (Å²) in [4.78, 5) is 4.87. The molecular formula is C54H43N3. The van der Waals surface area contributed by atoms with Crippen LogP contribution in [0.1, 0.15) is 40.7 Å². The molecule has 57 heavy (non-hydrogen) atoms. The van der Waals surface area contributed by atoms with Gasteiger partial charge >= 0.3 is 0 Å². The predicted molar refractivity (Wildman–Crippen MR) is 239 cm³/mol. The maximum absolute atomic E-state index is 2.53. The smallest absolute Gasteiger partial charge is 0.0543 e. The third-order valence-electron chi connectivity index (χ3n) is 12.7. The number of nitrogens with zero attached hydrogens (tertiary/aromatic N) is 3. The van der Waals surface area contributed by atoms with E-state index in [4.69, 9.17) is 0 Å². The Labute approximate surface area is 334 Å². The van der Waals surface area contributed by atoms with Crippen molar-refractivity contribution in [2.75, 3.05) is 9.80 Å². The van der Waals surface area contributed by atoms with Gasteiger partial charge in [-0.05, 0) is 157 Å². The maximum Gasteiger partial charge on any atom is 0.0543 e. The third kappa shape index (κ3) is 5.41. The quantitative estimate of drug-likeness (QED) is 0.162. The maximum atomic E-state index is 2.53. The molecule has 0 saturated carbocycles. The highest BCUT2D eigenvalue weighted by Gasteiger charge is 2.45. The molecule has 274 valence electrons. The molecule has 0 radical (unpaired) electrons. The Morgan fingerprint density at radius 2 is 0.895 bits per heavy atom. The molecule has 1 heterocycles. The van der Waals surface area contributed by atoms with Crippen LogP contribution in [0, 0.1) is 6.92 Å². The van der Waals surface area contributed by atoms with Gasteiger partial charge in [-0.3, -0.25) is 0 Å². The Bertz CT molecular complexity index is 2870. The van der Waals surface area contributed by atoms with Crippen LogP contribution < -0.4 is 9.80 Å². The van der Waals surface area contributed by atoms with Crippen LogP contribution in [0.5, 0.6) is 0 Å². The van der Waals surface area contributed by atoms with Crippen molar-refractivity contribution in [3.05, 3.63) is 222 Å². The highest BCUT2D eigenvalue weighted by Crippen LogP contribution is 2.55. The van der Waals surface area contributed by atoms with E-state index in [0.717, 1.165) is 37.1 Å². The fraction of sp³-hybridized carbons (Fsp3) is 0.111. The van der Waals surface area contributed by atoms with Crippen molar-refractivity contribution >= 4 is 55.9 Å². The fourth-order valence-electron chi connectivity index (χ4n) is 10.1. The molecule has 0 amide bonds. The van der Waals surface area contributed by atoms with Gasteiger partial charge in [-0.25, -0.2) is 0 Å². The molecule has 0 aliphatic heterocycles. The normalized spacial score (nSPS) is 15.6. The van der Waals surface area contributed by atoms with Crippen LogP contribution in [0.15, 0.2) is 194 Å². The van der Waals surface area contributed by atoms with Crippen LogP contribution in [0.4, 0.5) is 34.1 Å². The van der Waals surface area contributed by atoms with Crippen LogP contribution in [-0.2, 0) is 18.3 Å².